The van der Waals surface area contributed by atoms with Gasteiger partial charge in [0.2, 0.25) is 0 Å². The molecule has 2 atom stereocenters. The zero-order valence-electron chi connectivity index (χ0n) is 19.2. The number of ether oxygens (including phenoxy) is 2. The number of aliphatic hydroxyl groups is 1. The van der Waals surface area contributed by atoms with Crippen LogP contribution in [0.25, 0.3) is 22.3 Å². The van der Waals surface area contributed by atoms with Crippen LogP contribution >= 0.6 is 0 Å². The molecule has 1 aromatic carbocycles. The van der Waals surface area contributed by atoms with E-state index in [9.17, 15) is 14.3 Å². The Morgan fingerprint density at radius 3 is 2.82 bits per heavy atom. The average Bonchev–Trinajstić information content (AvgIpc) is 3.59. The molecule has 3 aromatic rings. The number of aryl methyl sites for hydroxylation is 1. The van der Waals surface area contributed by atoms with Crippen molar-refractivity contribution in [3.63, 3.8) is 0 Å². The minimum Gasteiger partial charge on any atom is -0.494 e. The van der Waals surface area contributed by atoms with Crippen LogP contribution in [0.3, 0.4) is 0 Å². The highest BCUT2D eigenvalue weighted by Crippen LogP contribution is 2.39. The highest BCUT2D eigenvalue weighted by Gasteiger charge is 2.29. The fraction of sp³-hybridized carbons (Fsp3) is 0.458. The molecule has 1 aliphatic carbocycles. The second-order valence-corrected chi connectivity index (χ2v) is 8.95. The third kappa shape index (κ3) is 4.30. The number of methoxy groups -OCH3 is 1. The first-order chi connectivity index (χ1) is 16.5. The van der Waals surface area contributed by atoms with Crippen molar-refractivity contribution in [2.45, 2.75) is 38.3 Å². The van der Waals surface area contributed by atoms with Crippen molar-refractivity contribution in [3.8, 4) is 22.8 Å². The molecule has 0 bridgehead atoms. The van der Waals surface area contributed by atoms with E-state index >= 15 is 0 Å². The van der Waals surface area contributed by atoms with Gasteiger partial charge in [-0.05, 0) is 44.7 Å². The van der Waals surface area contributed by atoms with E-state index in [1.807, 2.05) is 0 Å². The molecule has 2 aromatic heterocycles. The lowest BCUT2D eigenvalue weighted by atomic mass is 10.0. The zero-order valence-corrected chi connectivity index (χ0v) is 19.2. The Morgan fingerprint density at radius 2 is 2.09 bits per heavy atom. The molecule has 0 spiro atoms. The van der Waals surface area contributed by atoms with Gasteiger partial charge in [-0.1, -0.05) is 0 Å². The van der Waals surface area contributed by atoms with E-state index in [0.717, 1.165) is 12.8 Å². The Balaban J connectivity index is 1.54. The van der Waals surface area contributed by atoms with Crippen molar-refractivity contribution in [2.75, 3.05) is 26.8 Å². The van der Waals surface area contributed by atoms with Gasteiger partial charge in [-0.3, -0.25) is 4.79 Å². The maximum atomic E-state index is 14.7. The number of aromatic nitrogens is 3. The lowest BCUT2D eigenvalue weighted by molar-refractivity contribution is 0.0766. The van der Waals surface area contributed by atoms with Crippen molar-refractivity contribution >= 4 is 16.9 Å². The van der Waals surface area contributed by atoms with Crippen LogP contribution in [-0.2, 0) is 0 Å². The topological polar surface area (TPSA) is 121 Å². The Kier molecular flexibility index (Phi) is 6.09. The molecule has 180 valence electrons. The monoisotopic (exact) mass is 469 g/mol. The van der Waals surface area contributed by atoms with Crippen LogP contribution in [0.4, 0.5) is 4.39 Å². The van der Waals surface area contributed by atoms with Gasteiger partial charge in [0.25, 0.3) is 5.91 Å². The number of benzene rings is 1. The summed E-state index contributed by atoms with van der Waals surface area (Å²) in [7, 11) is 1.41. The van der Waals surface area contributed by atoms with Crippen LogP contribution in [0.15, 0.2) is 18.5 Å². The van der Waals surface area contributed by atoms with Gasteiger partial charge in [0.05, 0.1) is 36.9 Å². The number of hydrogen-bond acceptors (Lipinski definition) is 7. The number of aliphatic hydroxyl groups excluding tert-OH is 1. The number of hydrogen-bond donors (Lipinski definition) is 4. The average molecular weight is 470 g/mol. The summed E-state index contributed by atoms with van der Waals surface area (Å²) in [6, 6.07) is 2.52. The molecule has 5 rings (SSSR count). The predicted molar refractivity (Wildman–Crippen MR) is 124 cm³/mol. The SMILES string of the molecule is COc1cc(OCC2CC2)c(-c2ncnc3c(C(=O)N[C@@H]4CCNC[C@H]4O)c(C)[nH]c23)cc1F. The highest BCUT2D eigenvalue weighted by atomic mass is 19.1. The van der Waals surface area contributed by atoms with E-state index in [2.05, 4.69) is 25.6 Å². The van der Waals surface area contributed by atoms with Gasteiger partial charge >= 0.3 is 0 Å². The van der Waals surface area contributed by atoms with Crippen LogP contribution in [0, 0.1) is 18.7 Å². The summed E-state index contributed by atoms with van der Waals surface area (Å²) in [6.45, 7) is 3.45. The Hall–Kier alpha value is -3.24. The molecule has 34 heavy (non-hydrogen) atoms. The third-order valence-electron chi connectivity index (χ3n) is 6.45. The number of rotatable bonds is 7. The highest BCUT2D eigenvalue weighted by molar-refractivity contribution is 6.09. The minimum absolute atomic E-state index is 0.0862. The third-order valence-corrected chi connectivity index (χ3v) is 6.45. The predicted octanol–water partition coefficient (Wildman–Crippen LogP) is 2.32. The number of aromatic amines is 1. The normalized spacial score (nSPS) is 20.4. The number of piperidine rings is 1. The molecule has 10 heteroatoms. The van der Waals surface area contributed by atoms with Crippen molar-refractivity contribution in [1.82, 2.24) is 25.6 Å². The quantitative estimate of drug-likeness (QED) is 0.419. The van der Waals surface area contributed by atoms with E-state index in [1.54, 1.807) is 6.92 Å². The smallest absolute Gasteiger partial charge is 0.255 e. The van der Waals surface area contributed by atoms with Gasteiger partial charge < -0.3 is 30.2 Å². The van der Waals surface area contributed by atoms with E-state index in [-0.39, 0.29) is 17.7 Å². The van der Waals surface area contributed by atoms with Crippen LogP contribution in [0.1, 0.15) is 35.3 Å². The fourth-order valence-corrected chi connectivity index (χ4v) is 4.34. The number of carbonyl (C=O) groups excluding carboxylic acids is 1. The van der Waals surface area contributed by atoms with Crippen LogP contribution in [0.5, 0.6) is 11.5 Å². The second kappa shape index (κ2) is 9.19. The number of H-pyrrole nitrogens is 1. The van der Waals surface area contributed by atoms with Gasteiger partial charge in [-0.15, -0.1) is 0 Å². The molecule has 0 unspecified atom stereocenters. The first-order valence-corrected chi connectivity index (χ1v) is 11.5. The summed E-state index contributed by atoms with van der Waals surface area (Å²) >= 11 is 0. The van der Waals surface area contributed by atoms with Crippen LogP contribution in [0.2, 0.25) is 0 Å². The summed E-state index contributed by atoms with van der Waals surface area (Å²) < 4.78 is 25.9. The molecule has 3 heterocycles. The number of nitrogens with one attached hydrogen (secondary N) is 3. The Bertz CT molecular complexity index is 1230. The molecule has 1 saturated carbocycles. The van der Waals surface area contributed by atoms with Crippen molar-refractivity contribution in [2.24, 2.45) is 5.92 Å². The maximum Gasteiger partial charge on any atom is 0.255 e. The van der Waals surface area contributed by atoms with Crippen LogP contribution < -0.4 is 20.1 Å². The summed E-state index contributed by atoms with van der Waals surface area (Å²) in [4.78, 5) is 25.1. The van der Waals surface area contributed by atoms with Gasteiger partial charge in [0.1, 0.15) is 23.3 Å². The molecule has 2 aliphatic rings. The summed E-state index contributed by atoms with van der Waals surface area (Å²) in [5, 5.41) is 16.2. The largest absolute Gasteiger partial charge is 0.494 e. The van der Waals surface area contributed by atoms with Gasteiger partial charge in [-0.2, -0.15) is 0 Å². The number of fused-ring (bicyclic) bond motifs is 1. The van der Waals surface area contributed by atoms with Crippen molar-refractivity contribution < 1.29 is 23.8 Å². The van der Waals surface area contributed by atoms with Crippen molar-refractivity contribution in [1.29, 1.82) is 0 Å². The summed E-state index contributed by atoms with van der Waals surface area (Å²) in [6.07, 6.45) is 3.55. The Morgan fingerprint density at radius 1 is 1.26 bits per heavy atom. The molecular formula is C24H28FN5O4. The fourth-order valence-electron chi connectivity index (χ4n) is 4.34. The van der Waals surface area contributed by atoms with Crippen molar-refractivity contribution in [3.05, 3.63) is 35.5 Å². The Labute approximate surface area is 196 Å². The molecule has 9 nitrogen and oxygen atoms in total. The van der Waals surface area contributed by atoms with Gasteiger partial charge in [-0.25, -0.2) is 14.4 Å². The minimum atomic E-state index is -0.665. The molecule has 1 saturated heterocycles. The van der Waals surface area contributed by atoms with E-state index in [0.29, 0.717) is 71.3 Å². The number of halogens is 1. The van der Waals surface area contributed by atoms with E-state index in [1.165, 1.54) is 25.6 Å². The second-order valence-electron chi connectivity index (χ2n) is 8.95. The standard InChI is InChI=1S/C24H28FN5O4/c1-12-20(24(32)30-16-5-6-26-9-17(16)31)22-23(29-12)21(27-11-28-22)14-7-15(25)19(33-2)8-18(14)34-10-13-3-4-13/h7-8,11,13,16-17,26,29,31H,3-6,9-10H2,1-2H3,(H,30,32)/t16-,17-/m1/s1. The first kappa shape index (κ1) is 22.5. The molecule has 2 fully saturated rings. The first-order valence-electron chi connectivity index (χ1n) is 11.5. The molecule has 1 amide bonds. The molecule has 1 aliphatic heterocycles. The number of nitrogens with zero attached hydrogens (tertiary/aromatic N) is 2. The lowest BCUT2D eigenvalue weighted by Gasteiger charge is -2.29. The molecule has 4 N–H and O–H groups in total. The van der Waals surface area contributed by atoms with Gasteiger partial charge in [0.15, 0.2) is 11.6 Å². The lowest BCUT2D eigenvalue weighted by Crippen LogP contribution is -2.52. The maximum absolute atomic E-state index is 14.7. The zero-order chi connectivity index (χ0) is 23.8. The number of amides is 1. The van der Waals surface area contributed by atoms with E-state index in [4.69, 9.17) is 9.47 Å². The number of carbonyl (C=O) groups is 1. The van der Waals surface area contributed by atoms with Crippen LogP contribution in [-0.4, -0.2) is 64.9 Å². The number of β-amino-alcohol motifs (C(OH)–C–C–N with tert-alkyl or cyclic N) is 1. The molecular weight excluding hydrogens is 441 g/mol. The molecule has 0 radical (unpaired) electrons. The summed E-state index contributed by atoms with van der Waals surface area (Å²) in [5.74, 6) is 0.182. The van der Waals surface area contributed by atoms with Gasteiger partial charge in [0, 0.05) is 23.9 Å². The summed E-state index contributed by atoms with van der Waals surface area (Å²) in [5.41, 5.74) is 2.80. The van der Waals surface area contributed by atoms with E-state index < -0.39 is 11.9 Å².